The van der Waals surface area contributed by atoms with Crippen molar-refractivity contribution >= 4 is 0 Å². The maximum Gasteiger partial charge on any atom is 0.131 e. The fraction of sp³-hybridized carbons (Fsp3) is 0.714. The highest BCUT2D eigenvalue weighted by atomic mass is 16.5. The lowest BCUT2D eigenvalue weighted by molar-refractivity contribution is 0.0156. The molecule has 1 saturated carbocycles. The van der Waals surface area contributed by atoms with Gasteiger partial charge in [-0.15, -0.1) is 0 Å². The van der Waals surface area contributed by atoms with Crippen molar-refractivity contribution in [2.45, 2.75) is 57.2 Å². The predicted octanol–water partition coefficient (Wildman–Crippen LogP) is 1.84. The molecule has 2 aliphatic rings. The lowest BCUT2D eigenvalue weighted by Gasteiger charge is -2.21. The molecule has 0 bridgehead atoms. The van der Waals surface area contributed by atoms with Crippen LogP contribution in [0.2, 0.25) is 0 Å². The molecule has 2 fully saturated rings. The van der Waals surface area contributed by atoms with Gasteiger partial charge >= 0.3 is 0 Å². The van der Waals surface area contributed by atoms with Crippen molar-refractivity contribution in [2.75, 3.05) is 6.61 Å². The average molecular weight is 247 g/mol. The number of ether oxygens (including phenoxy) is 1. The molecule has 1 aromatic heterocycles. The summed E-state index contributed by atoms with van der Waals surface area (Å²) in [5.41, 5.74) is 1.10. The van der Waals surface area contributed by atoms with E-state index in [1.165, 1.54) is 25.7 Å². The van der Waals surface area contributed by atoms with Gasteiger partial charge in [0, 0.05) is 31.8 Å². The van der Waals surface area contributed by atoms with Crippen LogP contribution >= 0.6 is 0 Å². The van der Waals surface area contributed by atoms with Crippen molar-refractivity contribution in [3.63, 3.8) is 0 Å². The fourth-order valence-corrected chi connectivity index (χ4v) is 2.35. The first-order valence-electron chi connectivity index (χ1n) is 7.06. The Hall–Kier alpha value is -1.00. The Kier molecular flexibility index (Phi) is 3.86. The zero-order valence-corrected chi connectivity index (χ0v) is 10.8. The van der Waals surface area contributed by atoms with Crippen molar-refractivity contribution in [3.8, 4) is 0 Å². The van der Waals surface area contributed by atoms with E-state index in [2.05, 4.69) is 15.3 Å². The number of nitrogens with one attached hydrogen (secondary N) is 1. The Morgan fingerprint density at radius 3 is 3.00 bits per heavy atom. The molecule has 0 aromatic carbocycles. The second kappa shape index (κ2) is 5.76. The van der Waals surface area contributed by atoms with Crippen LogP contribution in [-0.2, 0) is 17.7 Å². The lowest BCUT2D eigenvalue weighted by Crippen LogP contribution is -2.23. The fourth-order valence-electron chi connectivity index (χ4n) is 2.35. The molecule has 1 saturated heterocycles. The standard InChI is InChI=1S/C14H21N3O/c1-2-8-18-13(3-1)9-14-15-7-6-12(17-14)10-16-11-4-5-11/h6-7,11,13,16H,1-5,8-10H2. The van der Waals surface area contributed by atoms with Crippen molar-refractivity contribution in [1.82, 2.24) is 15.3 Å². The molecule has 4 heteroatoms. The quantitative estimate of drug-likeness (QED) is 0.862. The van der Waals surface area contributed by atoms with E-state index in [9.17, 15) is 0 Å². The van der Waals surface area contributed by atoms with Gasteiger partial charge in [0.15, 0.2) is 0 Å². The zero-order chi connectivity index (χ0) is 12.2. The number of nitrogens with zero attached hydrogens (tertiary/aromatic N) is 2. The summed E-state index contributed by atoms with van der Waals surface area (Å²) in [6, 6.07) is 2.73. The summed E-state index contributed by atoms with van der Waals surface area (Å²) >= 11 is 0. The van der Waals surface area contributed by atoms with Gasteiger partial charge in [0.2, 0.25) is 0 Å². The number of hydrogen-bond donors (Lipinski definition) is 1. The zero-order valence-electron chi connectivity index (χ0n) is 10.8. The average Bonchev–Trinajstić information content (AvgIpc) is 3.22. The van der Waals surface area contributed by atoms with Gasteiger partial charge in [0.25, 0.3) is 0 Å². The summed E-state index contributed by atoms with van der Waals surface area (Å²) in [6.07, 6.45) is 9.29. The molecule has 1 aliphatic heterocycles. The third kappa shape index (κ3) is 3.50. The van der Waals surface area contributed by atoms with E-state index in [1.807, 2.05) is 12.3 Å². The minimum atomic E-state index is 0.324. The lowest BCUT2D eigenvalue weighted by atomic mass is 10.1. The molecule has 4 nitrogen and oxygen atoms in total. The van der Waals surface area contributed by atoms with Gasteiger partial charge in [0.1, 0.15) is 5.82 Å². The second-order valence-electron chi connectivity index (χ2n) is 5.31. The normalized spacial score (nSPS) is 24.1. The van der Waals surface area contributed by atoms with Crippen LogP contribution < -0.4 is 5.32 Å². The highest BCUT2D eigenvalue weighted by Gasteiger charge is 2.20. The summed E-state index contributed by atoms with van der Waals surface area (Å²) in [5, 5.41) is 3.48. The summed E-state index contributed by atoms with van der Waals surface area (Å²) in [4.78, 5) is 8.97. The summed E-state index contributed by atoms with van der Waals surface area (Å²) in [6.45, 7) is 1.76. The number of aromatic nitrogens is 2. The molecule has 1 N–H and O–H groups in total. The highest BCUT2D eigenvalue weighted by Crippen LogP contribution is 2.19. The van der Waals surface area contributed by atoms with Crippen LogP contribution in [0.1, 0.15) is 43.6 Å². The van der Waals surface area contributed by atoms with Crippen LogP contribution in [0.25, 0.3) is 0 Å². The minimum Gasteiger partial charge on any atom is -0.378 e. The topological polar surface area (TPSA) is 47.0 Å². The first kappa shape index (κ1) is 12.1. The van der Waals surface area contributed by atoms with Crippen molar-refractivity contribution < 1.29 is 4.74 Å². The predicted molar refractivity (Wildman–Crippen MR) is 69.2 cm³/mol. The molecule has 2 heterocycles. The first-order chi connectivity index (χ1) is 8.90. The maximum atomic E-state index is 5.73. The Bertz CT molecular complexity index is 386. The number of hydrogen-bond acceptors (Lipinski definition) is 4. The summed E-state index contributed by atoms with van der Waals surface area (Å²) in [7, 11) is 0. The van der Waals surface area contributed by atoms with E-state index < -0.39 is 0 Å². The van der Waals surface area contributed by atoms with Crippen LogP contribution in [-0.4, -0.2) is 28.7 Å². The van der Waals surface area contributed by atoms with Crippen molar-refractivity contribution in [2.24, 2.45) is 0 Å². The second-order valence-corrected chi connectivity index (χ2v) is 5.31. The molecule has 0 radical (unpaired) electrons. The van der Waals surface area contributed by atoms with E-state index in [-0.39, 0.29) is 0 Å². The van der Waals surface area contributed by atoms with Gasteiger partial charge in [-0.2, -0.15) is 0 Å². The third-order valence-corrected chi connectivity index (χ3v) is 3.60. The third-order valence-electron chi connectivity index (χ3n) is 3.60. The Labute approximate surface area is 108 Å². The Balaban J connectivity index is 1.55. The molecule has 3 rings (SSSR count). The van der Waals surface area contributed by atoms with Crippen LogP contribution in [0.5, 0.6) is 0 Å². The Morgan fingerprint density at radius 1 is 1.28 bits per heavy atom. The van der Waals surface area contributed by atoms with Gasteiger partial charge in [-0.3, -0.25) is 0 Å². The van der Waals surface area contributed by atoms with Crippen LogP contribution in [0.3, 0.4) is 0 Å². The van der Waals surface area contributed by atoms with E-state index in [0.717, 1.165) is 43.6 Å². The molecule has 0 amide bonds. The first-order valence-corrected chi connectivity index (χ1v) is 7.06. The highest BCUT2D eigenvalue weighted by molar-refractivity contribution is 5.04. The maximum absolute atomic E-state index is 5.73. The summed E-state index contributed by atoms with van der Waals surface area (Å²) in [5.74, 6) is 0.928. The molecule has 0 spiro atoms. The van der Waals surface area contributed by atoms with Gasteiger partial charge < -0.3 is 10.1 Å². The van der Waals surface area contributed by atoms with Gasteiger partial charge in [0.05, 0.1) is 11.8 Å². The van der Waals surface area contributed by atoms with E-state index in [1.54, 1.807) is 0 Å². The molecule has 1 atom stereocenters. The van der Waals surface area contributed by atoms with Crippen LogP contribution in [0.4, 0.5) is 0 Å². The largest absolute Gasteiger partial charge is 0.378 e. The van der Waals surface area contributed by atoms with Gasteiger partial charge in [-0.05, 0) is 38.2 Å². The van der Waals surface area contributed by atoms with Crippen LogP contribution in [0.15, 0.2) is 12.3 Å². The molecule has 98 valence electrons. The molecule has 1 unspecified atom stereocenters. The Morgan fingerprint density at radius 2 is 2.22 bits per heavy atom. The molecule has 1 aromatic rings. The smallest absolute Gasteiger partial charge is 0.131 e. The van der Waals surface area contributed by atoms with Crippen molar-refractivity contribution in [3.05, 3.63) is 23.8 Å². The van der Waals surface area contributed by atoms with E-state index >= 15 is 0 Å². The SMILES string of the molecule is c1cc(CNC2CC2)nc(CC2CCCCO2)n1. The minimum absolute atomic E-state index is 0.324. The molecule has 1 aliphatic carbocycles. The molecular weight excluding hydrogens is 226 g/mol. The number of rotatable bonds is 5. The van der Waals surface area contributed by atoms with E-state index in [0.29, 0.717) is 6.10 Å². The molecule has 18 heavy (non-hydrogen) atoms. The van der Waals surface area contributed by atoms with Crippen molar-refractivity contribution in [1.29, 1.82) is 0 Å². The van der Waals surface area contributed by atoms with Gasteiger partial charge in [-0.1, -0.05) is 0 Å². The van der Waals surface area contributed by atoms with Crippen LogP contribution in [0, 0.1) is 0 Å². The van der Waals surface area contributed by atoms with E-state index in [4.69, 9.17) is 4.74 Å². The summed E-state index contributed by atoms with van der Waals surface area (Å²) < 4.78 is 5.73. The monoisotopic (exact) mass is 247 g/mol. The molecular formula is C14H21N3O. The van der Waals surface area contributed by atoms with Gasteiger partial charge in [-0.25, -0.2) is 9.97 Å².